The molecule has 0 saturated heterocycles. The normalized spacial score (nSPS) is 17.4. The Labute approximate surface area is 94.9 Å². The van der Waals surface area contributed by atoms with Gasteiger partial charge in [-0.2, -0.15) is 0 Å². The van der Waals surface area contributed by atoms with Gasteiger partial charge in [0.1, 0.15) is 11.6 Å². The largest absolute Gasteiger partial charge is 0.310 e. The summed E-state index contributed by atoms with van der Waals surface area (Å²) in [5, 5.41) is 3.29. The third kappa shape index (κ3) is 3.27. The molecule has 1 nitrogen and oxygen atoms in total. The summed E-state index contributed by atoms with van der Waals surface area (Å²) >= 11 is 0. The molecule has 1 aromatic carbocycles. The summed E-state index contributed by atoms with van der Waals surface area (Å²) in [6.07, 6.45) is 3.84. The molecule has 0 aliphatic heterocycles. The van der Waals surface area contributed by atoms with Gasteiger partial charge in [0.25, 0.3) is 0 Å². The molecular weight excluding hydrogens is 208 g/mol. The third-order valence-corrected chi connectivity index (χ3v) is 3.08. The van der Waals surface area contributed by atoms with E-state index in [0.717, 1.165) is 18.5 Å². The zero-order valence-corrected chi connectivity index (χ0v) is 9.47. The number of benzene rings is 1. The van der Waals surface area contributed by atoms with Crippen LogP contribution in [0.5, 0.6) is 0 Å². The lowest BCUT2D eigenvalue weighted by molar-refractivity contribution is 0.526. The number of nitrogens with one attached hydrogen (secondary N) is 1. The predicted molar refractivity (Wildman–Crippen MR) is 60.1 cm³/mol. The quantitative estimate of drug-likeness (QED) is 0.809. The second-order valence-electron chi connectivity index (χ2n) is 4.61. The Morgan fingerprint density at radius 1 is 1.25 bits per heavy atom. The van der Waals surface area contributed by atoms with Gasteiger partial charge in [-0.15, -0.1) is 0 Å². The summed E-state index contributed by atoms with van der Waals surface area (Å²) in [6, 6.07) is 3.68. The van der Waals surface area contributed by atoms with E-state index in [1.807, 2.05) is 6.92 Å². The standard InChI is InChI=1S/C13H17F2N/c1-9(16-5-4-10-2-3-10)11-6-12(14)8-13(15)7-11/h6-10,16H,2-5H2,1H3. The first-order valence-electron chi connectivity index (χ1n) is 5.84. The van der Waals surface area contributed by atoms with Gasteiger partial charge in [-0.1, -0.05) is 12.8 Å². The first-order valence-corrected chi connectivity index (χ1v) is 5.84. The average Bonchev–Trinajstić information content (AvgIpc) is 3.00. The Kier molecular flexibility index (Phi) is 3.54. The molecule has 0 bridgehead atoms. The molecule has 0 spiro atoms. The molecule has 2 rings (SSSR count). The number of rotatable bonds is 5. The van der Waals surface area contributed by atoms with Gasteiger partial charge in [0, 0.05) is 12.1 Å². The van der Waals surface area contributed by atoms with Gasteiger partial charge >= 0.3 is 0 Å². The van der Waals surface area contributed by atoms with Crippen molar-refractivity contribution in [3.05, 3.63) is 35.4 Å². The van der Waals surface area contributed by atoms with Crippen molar-refractivity contribution in [3.8, 4) is 0 Å². The highest BCUT2D eigenvalue weighted by Gasteiger charge is 2.20. The fraction of sp³-hybridized carbons (Fsp3) is 0.538. The van der Waals surface area contributed by atoms with E-state index < -0.39 is 11.6 Å². The molecule has 1 N–H and O–H groups in total. The van der Waals surface area contributed by atoms with E-state index in [-0.39, 0.29) is 6.04 Å². The molecular formula is C13H17F2N. The smallest absolute Gasteiger partial charge is 0.126 e. The maximum Gasteiger partial charge on any atom is 0.126 e. The molecule has 1 aromatic rings. The van der Waals surface area contributed by atoms with Crippen LogP contribution in [0.25, 0.3) is 0 Å². The molecule has 1 unspecified atom stereocenters. The van der Waals surface area contributed by atoms with E-state index in [0.29, 0.717) is 5.56 Å². The van der Waals surface area contributed by atoms with Crippen LogP contribution in [0.1, 0.15) is 37.8 Å². The second kappa shape index (κ2) is 4.91. The van der Waals surface area contributed by atoms with E-state index in [9.17, 15) is 8.78 Å². The lowest BCUT2D eigenvalue weighted by atomic mass is 10.1. The van der Waals surface area contributed by atoms with Crippen LogP contribution in [0.15, 0.2) is 18.2 Å². The Balaban J connectivity index is 1.88. The highest BCUT2D eigenvalue weighted by atomic mass is 19.1. The molecule has 88 valence electrons. The maximum absolute atomic E-state index is 13.0. The predicted octanol–water partition coefficient (Wildman–Crippen LogP) is 3.42. The van der Waals surface area contributed by atoms with Gasteiger partial charge in [-0.3, -0.25) is 0 Å². The Morgan fingerprint density at radius 3 is 2.44 bits per heavy atom. The zero-order valence-electron chi connectivity index (χ0n) is 9.47. The fourth-order valence-corrected chi connectivity index (χ4v) is 1.85. The third-order valence-electron chi connectivity index (χ3n) is 3.08. The minimum Gasteiger partial charge on any atom is -0.310 e. The molecule has 16 heavy (non-hydrogen) atoms. The first-order chi connectivity index (χ1) is 7.65. The average molecular weight is 225 g/mol. The molecule has 1 aliphatic rings. The summed E-state index contributed by atoms with van der Waals surface area (Å²) in [5.74, 6) is -0.138. The molecule has 0 radical (unpaired) electrons. The number of hydrogen-bond acceptors (Lipinski definition) is 1. The molecule has 1 aliphatic carbocycles. The van der Waals surface area contributed by atoms with Crippen LogP contribution in [-0.2, 0) is 0 Å². The van der Waals surface area contributed by atoms with Crippen molar-refractivity contribution in [3.63, 3.8) is 0 Å². The zero-order chi connectivity index (χ0) is 11.5. The summed E-state index contributed by atoms with van der Waals surface area (Å²) in [7, 11) is 0. The molecule has 1 atom stereocenters. The van der Waals surface area contributed by atoms with Gasteiger partial charge in [0.05, 0.1) is 0 Å². The van der Waals surface area contributed by atoms with E-state index in [1.165, 1.54) is 31.4 Å². The van der Waals surface area contributed by atoms with Gasteiger partial charge in [0.15, 0.2) is 0 Å². The van der Waals surface area contributed by atoms with Crippen molar-refractivity contribution in [2.45, 2.75) is 32.2 Å². The van der Waals surface area contributed by atoms with Crippen molar-refractivity contribution < 1.29 is 8.78 Å². The van der Waals surface area contributed by atoms with Crippen molar-refractivity contribution in [2.75, 3.05) is 6.54 Å². The number of halogens is 2. The first kappa shape index (κ1) is 11.5. The van der Waals surface area contributed by atoms with E-state index in [2.05, 4.69) is 5.32 Å². The lowest BCUT2D eigenvalue weighted by Gasteiger charge is -2.14. The molecule has 3 heteroatoms. The molecule has 0 amide bonds. The van der Waals surface area contributed by atoms with Crippen molar-refractivity contribution in [2.24, 2.45) is 5.92 Å². The molecule has 0 aromatic heterocycles. The summed E-state index contributed by atoms with van der Waals surface area (Å²) in [5.41, 5.74) is 0.674. The van der Waals surface area contributed by atoms with Crippen LogP contribution in [0, 0.1) is 17.6 Å². The summed E-state index contributed by atoms with van der Waals surface area (Å²) in [6.45, 7) is 2.85. The van der Waals surface area contributed by atoms with Crippen LogP contribution in [0.4, 0.5) is 8.78 Å². The Hall–Kier alpha value is -0.960. The van der Waals surface area contributed by atoms with Gasteiger partial charge in [-0.25, -0.2) is 8.78 Å². The minimum absolute atomic E-state index is 0.00366. The lowest BCUT2D eigenvalue weighted by Crippen LogP contribution is -2.20. The van der Waals surface area contributed by atoms with E-state index in [4.69, 9.17) is 0 Å². The summed E-state index contributed by atoms with van der Waals surface area (Å²) in [4.78, 5) is 0. The Bertz CT molecular complexity index is 341. The second-order valence-corrected chi connectivity index (χ2v) is 4.61. The molecule has 1 saturated carbocycles. The van der Waals surface area contributed by atoms with Crippen LogP contribution < -0.4 is 5.32 Å². The van der Waals surface area contributed by atoms with Crippen LogP contribution in [0.2, 0.25) is 0 Å². The highest BCUT2D eigenvalue weighted by Crippen LogP contribution is 2.31. The van der Waals surface area contributed by atoms with Crippen molar-refractivity contribution >= 4 is 0 Å². The topological polar surface area (TPSA) is 12.0 Å². The van der Waals surface area contributed by atoms with Gasteiger partial charge < -0.3 is 5.32 Å². The van der Waals surface area contributed by atoms with Crippen molar-refractivity contribution in [1.82, 2.24) is 5.32 Å². The van der Waals surface area contributed by atoms with Crippen molar-refractivity contribution in [1.29, 1.82) is 0 Å². The molecule has 0 heterocycles. The fourth-order valence-electron chi connectivity index (χ4n) is 1.85. The SMILES string of the molecule is CC(NCCC1CC1)c1cc(F)cc(F)c1. The van der Waals surface area contributed by atoms with E-state index >= 15 is 0 Å². The van der Waals surface area contributed by atoms with Crippen LogP contribution >= 0.6 is 0 Å². The highest BCUT2D eigenvalue weighted by molar-refractivity contribution is 5.20. The molecule has 1 fully saturated rings. The van der Waals surface area contributed by atoms with Gasteiger partial charge in [0.2, 0.25) is 0 Å². The maximum atomic E-state index is 13.0. The van der Waals surface area contributed by atoms with Gasteiger partial charge in [-0.05, 0) is 43.5 Å². The Morgan fingerprint density at radius 2 is 1.88 bits per heavy atom. The summed E-state index contributed by atoms with van der Waals surface area (Å²) < 4.78 is 26.0. The number of hydrogen-bond donors (Lipinski definition) is 1. The van der Waals surface area contributed by atoms with Crippen LogP contribution in [-0.4, -0.2) is 6.54 Å². The monoisotopic (exact) mass is 225 g/mol. The minimum atomic E-state index is -0.508. The van der Waals surface area contributed by atoms with E-state index in [1.54, 1.807) is 0 Å². The van der Waals surface area contributed by atoms with Crippen LogP contribution in [0.3, 0.4) is 0 Å².